The van der Waals surface area contributed by atoms with E-state index in [4.69, 9.17) is 5.11 Å². The molecule has 0 unspecified atom stereocenters. The Labute approximate surface area is 153 Å². The van der Waals surface area contributed by atoms with Crippen LogP contribution in [0, 0.1) is 5.82 Å². The smallest absolute Gasteiger partial charge is 0.305 e. The Balaban J connectivity index is 1.81. The van der Waals surface area contributed by atoms with E-state index in [0.717, 1.165) is 5.56 Å². The first-order chi connectivity index (χ1) is 12.5. The SMILES string of the molecule is O=C(O)C[C@H](NC(=O)c1csc(-c2ccccc2)n1)c1ccccc1F. The average Bonchev–Trinajstić information content (AvgIpc) is 3.12. The van der Waals surface area contributed by atoms with Gasteiger partial charge in [0.05, 0.1) is 12.5 Å². The zero-order valence-corrected chi connectivity index (χ0v) is 14.4. The topological polar surface area (TPSA) is 79.3 Å². The molecule has 0 saturated carbocycles. The van der Waals surface area contributed by atoms with Gasteiger partial charge in [0.25, 0.3) is 5.91 Å². The molecule has 7 heteroatoms. The monoisotopic (exact) mass is 370 g/mol. The lowest BCUT2D eigenvalue weighted by Gasteiger charge is -2.17. The van der Waals surface area contributed by atoms with Crippen LogP contribution in [0.4, 0.5) is 4.39 Å². The summed E-state index contributed by atoms with van der Waals surface area (Å²) in [4.78, 5) is 27.9. The van der Waals surface area contributed by atoms with Gasteiger partial charge in [0.2, 0.25) is 0 Å². The van der Waals surface area contributed by atoms with E-state index < -0.39 is 30.2 Å². The maximum atomic E-state index is 14.0. The first-order valence-electron chi connectivity index (χ1n) is 7.82. The standard InChI is InChI=1S/C19H15FN2O3S/c20-14-9-5-4-8-13(14)15(10-17(23)24)21-18(25)16-11-26-19(22-16)12-6-2-1-3-7-12/h1-9,11,15H,10H2,(H,21,25)(H,23,24)/t15-/m0/s1. The van der Waals surface area contributed by atoms with Crippen molar-refractivity contribution < 1.29 is 19.1 Å². The molecule has 26 heavy (non-hydrogen) atoms. The van der Waals surface area contributed by atoms with Gasteiger partial charge >= 0.3 is 5.97 Å². The highest BCUT2D eigenvalue weighted by Crippen LogP contribution is 2.25. The molecule has 0 bridgehead atoms. The highest BCUT2D eigenvalue weighted by molar-refractivity contribution is 7.13. The van der Waals surface area contributed by atoms with E-state index in [1.807, 2.05) is 30.3 Å². The molecule has 0 saturated heterocycles. The summed E-state index contributed by atoms with van der Waals surface area (Å²) in [6.07, 6.45) is -0.428. The molecule has 1 amide bonds. The number of benzene rings is 2. The molecule has 0 spiro atoms. The molecule has 0 radical (unpaired) electrons. The van der Waals surface area contributed by atoms with E-state index in [9.17, 15) is 14.0 Å². The van der Waals surface area contributed by atoms with Gasteiger partial charge in [-0.15, -0.1) is 11.3 Å². The summed E-state index contributed by atoms with van der Waals surface area (Å²) in [5.74, 6) is -2.25. The molecule has 1 heterocycles. The Bertz CT molecular complexity index is 927. The van der Waals surface area contributed by atoms with E-state index in [0.29, 0.717) is 5.01 Å². The molecule has 2 aromatic carbocycles. The lowest BCUT2D eigenvalue weighted by Crippen LogP contribution is -2.31. The van der Waals surface area contributed by atoms with Crippen LogP contribution in [0.1, 0.15) is 28.5 Å². The number of halogens is 1. The van der Waals surface area contributed by atoms with E-state index in [2.05, 4.69) is 10.3 Å². The number of hydrogen-bond acceptors (Lipinski definition) is 4. The Hall–Kier alpha value is -3.06. The predicted octanol–water partition coefficient (Wildman–Crippen LogP) is 3.90. The minimum Gasteiger partial charge on any atom is -0.481 e. The quantitative estimate of drug-likeness (QED) is 0.690. The molecule has 0 fully saturated rings. The second kappa shape index (κ2) is 7.88. The van der Waals surface area contributed by atoms with Crippen LogP contribution in [0.15, 0.2) is 60.0 Å². The molecule has 0 aliphatic rings. The second-order valence-electron chi connectivity index (χ2n) is 5.55. The van der Waals surface area contributed by atoms with Crippen LogP contribution >= 0.6 is 11.3 Å². The molecule has 3 rings (SSSR count). The number of carboxylic acids is 1. The Morgan fingerprint density at radius 2 is 1.81 bits per heavy atom. The summed E-state index contributed by atoms with van der Waals surface area (Å²) >= 11 is 1.31. The Morgan fingerprint density at radius 1 is 1.12 bits per heavy atom. The van der Waals surface area contributed by atoms with Gasteiger partial charge in [-0.25, -0.2) is 9.37 Å². The lowest BCUT2D eigenvalue weighted by molar-refractivity contribution is -0.137. The van der Waals surface area contributed by atoms with Crippen LogP contribution < -0.4 is 5.32 Å². The largest absolute Gasteiger partial charge is 0.481 e. The minimum absolute atomic E-state index is 0.127. The number of nitrogens with one attached hydrogen (secondary N) is 1. The van der Waals surface area contributed by atoms with Crippen molar-refractivity contribution in [2.75, 3.05) is 0 Å². The zero-order valence-electron chi connectivity index (χ0n) is 13.6. The van der Waals surface area contributed by atoms with Gasteiger partial charge in [-0.05, 0) is 6.07 Å². The molecular formula is C19H15FN2O3S. The fourth-order valence-corrected chi connectivity index (χ4v) is 3.30. The molecular weight excluding hydrogens is 355 g/mol. The molecule has 3 aromatic rings. The van der Waals surface area contributed by atoms with Crippen LogP contribution in [0.5, 0.6) is 0 Å². The number of thiazole rings is 1. The molecule has 0 aliphatic carbocycles. The first kappa shape index (κ1) is 17.8. The Kier molecular flexibility index (Phi) is 5.38. The number of carbonyl (C=O) groups is 2. The van der Waals surface area contributed by atoms with E-state index in [-0.39, 0.29) is 11.3 Å². The summed E-state index contributed by atoms with van der Waals surface area (Å²) in [5, 5.41) is 13.9. The number of amides is 1. The fourth-order valence-electron chi connectivity index (χ4n) is 2.49. The zero-order chi connectivity index (χ0) is 18.5. The second-order valence-corrected chi connectivity index (χ2v) is 6.41. The van der Waals surface area contributed by atoms with Crippen LogP contribution in [-0.2, 0) is 4.79 Å². The number of rotatable bonds is 6. The molecule has 0 aliphatic heterocycles. The van der Waals surface area contributed by atoms with Crippen molar-refractivity contribution in [1.29, 1.82) is 0 Å². The maximum absolute atomic E-state index is 14.0. The normalized spacial score (nSPS) is 11.7. The molecule has 1 atom stereocenters. The van der Waals surface area contributed by atoms with Gasteiger partial charge in [-0.3, -0.25) is 9.59 Å². The number of carboxylic acid groups (broad SMARTS) is 1. The number of nitrogens with zero attached hydrogens (tertiary/aromatic N) is 1. The van der Waals surface area contributed by atoms with Crippen LogP contribution in [-0.4, -0.2) is 22.0 Å². The van der Waals surface area contributed by atoms with Gasteiger partial charge in [0.15, 0.2) is 0 Å². The van der Waals surface area contributed by atoms with E-state index in [1.54, 1.807) is 11.4 Å². The van der Waals surface area contributed by atoms with Crippen LogP contribution in [0.2, 0.25) is 0 Å². The minimum atomic E-state index is -1.14. The van der Waals surface area contributed by atoms with E-state index >= 15 is 0 Å². The van der Waals surface area contributed by atoms with Gasteiger partial charge < -0.3 is 10.4 Å². The lowest BCUT2D eigenvalue weighted by atomic mass is 10.0. The number of carbonyl (C=O) groups excluding carboxylic acids is 1. The van der Waals surface area contributed by atoms with Crippen LogP contribution in [0.3, 0.4) is 0 Å². The summed E-state index contributed by atoms with van der Waals surface area (Å²) in [6, 6.07) is 14.2. The number of aromatic nitrogens is 1. The third-order valence-electron chi connectivity index (χ3n) is 3.72. The molecule has 2 N–H and O–H groups in total. The van der Waals surface area contributed by atoms with Crippen molar-refractivity contribution in [2.45, 2.75) is 12.5 Å². The number of aliphatic carboxylic acids is 1. The van der Waals surface area contributed by atoms with Gasteiger partial charge in [0, 0.05) is 16.5 Å². The molecule has 1 aromatic heterocycles. The Morgan fingerprint density at radius 3 is 2.50 bits per heavy atom. The van der Waals surface area contributed by atoms with Gasteiger partial charge in [0.1, 0.15) is 16.5 Å². The van der Waals surface area contributed by atoms with Crippen LogP contribution in [0.25, 0.3) is 10.6 Å². The summed E-state index contributed by atoms with van der Waals surface area (Å²) in [5.41, 5.74) is 1.18. The van der Waals surface area contributed by atoms with Gasteiger partial charge in [-0.1, -0.05) is 48.5 Å². The maximum Gasteiger partial charge on any atom is 0.305 e. The highest BCUT2D eigenvalue weighted by atomic mass is 32.1. The fraction of sp³-hybridized carbons (Fsp3) is 0.105. The first-order valence-corrected chi connectivity index (χ1v) is 8.70. The van der Waals surface area contributed by atoms with Crippen molar-refractivity contribution in [3.63, 3.8) is 0 Å². The van der Waals surface area contributed by atoms with Gasteiger partial charge in [-0.2, -0.15) is 0 Å². The number of hydrogen-bond donors (Lipinski definition) is 2. The van der Waals surface area contributed by atoms with Crippen molar-refractivity contribution in [1.82, 2.24) is 10.3 Å². The summed E-state index contributed by atoms with van der Waals surface area (Å²) in [7, 11) is 0. The van der Waals surface area contributed by atoms with Crippen molar-refractivity contribution >= 4 is 23.2 Å². The molecule has 5 nitrogen and oxygen atoms in total. The van der Waals surface area contributed by atoms with Crippen molar-refractivity contribution in [3.8, 4) is 10.6 Å². The average molecular weight is 370 g/mol. The third-order valence-corrected chi connectivity index (χ3v) is 4.61. The highest BCUT2D eigenvalue weighted by Gasteiger charge is 2.22. The van der Waals surface area contributed by atoms with Crippen molar-refractivity contribution in [2.24, 2.45) is 0 Å². The third kappa shape index (κ3) is 4.12. The predicted molar refractivity (Wildman–Crippen MR) is 96.4 cm³/mol. The van der Waals surface area contributed by atoms with E-state index in [1.165, 1.54) is 29.5 Å². The van der Waals surface area contributed by atoms with Crippen molar-refractivity contribution in [3.05, 3.63) is 77.1 Å². The summed E-state index contributed by atoms with van der Waals surface area (Å²) < 4.78 is 14.0. The molecule has 132 valence electrons. The summed E-state index contributed by atoms with van der Waals surface area (Å²) in [6.45, 7) is 0.